The van der Waals surface area contributed by atoms with Gasteiger partial charge in [0.05, 0.1) is 11.2 Å². The van der Waals surface area contributed by atoms with Gasteiger partial charge in [-0.2, -0.15) is 0 Å². The number of nitrogens with one attached hydrogen (secondary N) is 1. The SMILES string of the molecule is CC1(c2ccc(F)c(NC=O)c2)CCSC(N)=N1. The fourth-order valence-corrected chi connectivity index (χ4v) is 2.90. The Morgan fingerprint density at radius 1 is 1.61 bits per heavy atom. The molecule has 3 N–H and O–H groups in total. The molecule has 0 fully saturated rings. The molecule has 0 spiro atoms. The Hall–Kier alpha value is -1.56. The van der Waals surface area contributed by atoms with Gasteiger partial charge in [0, 0.05) is 5.75 Å². The molecule has 1 aliphatic rings. The third-order valence-corrected chi connectivity index (χ3v) is 3.79. The smallest absolute Gasteiger partial charge is 0.211 e. The number of rotatable bonds is 3. The summed E-state index contributed by atoms with van der Waals surface area (Å²) in [5.41, 5.74) is 6.29. The molecule has 1 aromatic rings. The van der Waals surface area contributed by atoms with Crippen molar-refractivity contribution in [1.29, 1.82) is 0 Å². The lowest BCUT2D eigenvalue weighted by molar-refractivity contribution is -0.105. The predicted octanol–water partition coefficient (Wildman–Crippen LogP) is 2.06. The molecule has 96 valence electrons. The monoisotopic (exact) mass is 267 g/mol. The first-order valence-electron chi connectivity index (χ1n) is 5.53. The Labute approximate surface area is 109 Å². The molecule has 0 bridgehead atoms. The predicted molar refractivity (Wildman–Crippen MR) is 72.1 cm³/mol. The summed E-state index contributed by atoms with van der Waals surface area (Å²) in [5, 5.41) is 2.88. The van der Waals surface area contributed by atoms with Gasteiger partial charge < -0.3 is 11.1 Å². The van der Waals surface area contributed by atoms with Crippen molar-refractivity contribution in [2.24, 2.45) is 10.7 Å². The lowest BCUT2D eigenvalue weighted by Gasteiger charge is -2.30. The van der Waals surface area contributed by atoms with E-state index in [9.17, 15) is 9.18 Å². The molecule has 1 unspecified atom stereocenters. The molecule has 1 aliphatic heterocycles. The van der Waals surface area contributed by atoms with E-state index in [1.54, 1.807) is 12.1 Å². The topological polar surface area (TPSA) is 67.5 Å². The summed E-state index contributed by atoms with van der Waals surface area (Å²) in [6.07, 6.45) is 1.28. The molecule has 1 heterocycles. The van der Waals surface area contributed by atoms with E-state index in [-0.39, 0.29) is 5.69 Å². The minimum atomic E-state index is -0.461. The van der Waals surface area contributed by atoms with Gasteiger partial charge in [0.25, 0.3) is 0 Å². The van der Waals surface area contributed by atoms with Gasteiger partial charge in [-0.15, -0.1) is 0 Å². The van der Waals surface area contributed by atoms with Gasteiger partial charge in [0.1, 0.15) is 5.82 Å². The summed E-state index contributed by atoms with van der Waals surface area (Å²) in [6, 6.07) is 4.62. The maximum absolute atomic E-state index is 13.4. The van der Waals surface area contributed by atoms with E-state index < -0.39 is 11.4 Å². The van der Waals surface area contributed by atoms with Crippen molar-refractivity contribution >= 4 is 29.0 Å². The molecule has 0 aliphatic carbocycles. The number of halogens is 1. The highest BCUT2D eigenvalue weighted by Gasteiger charge is 2.29. The normalized spacial score (nSPS) is 23.3. The van der Waals surface area contributed by atoms with Gasteiger partial charge in [-0.3, -0.25) is 9.79 Å². The number of benzene rings is 1. The lowest BCUT2D eigenvalue weighted by Crippen LogP contribution is -2.28. The summed E-state index contributed by atoms with van der Waals surface area (Å²) in [7, 11) is 0. The van der Waals surface area contributed by atoms with Gasteiger partial charge in [0.15, 0.2) is 5.17 Å². The van der Waals surface area contributed by atoms with E-state index in [1.165, 1.54) is 17.8 Å². The van der Waals surface area contributed by atoms with Crippen molar-refractivity contribution in [2.45, 2.75) is 18.9 Å². The van der Waals surface area contributed by atoms with E-state index in [4.69, 9.17) is 5.73 Å². The maximum atomic E-state index is 13.4. The summed E-state index contributed by atoms with van der Waals surface area (Å²) < 4.78 is 13.4. The molecule has 0 saturated carbocycles. The highest BCUT2D eigenvalue weighted by atomic mass is 32.2. The van der Waals surface area contributed by atoms with E-state index in [2.05, 4.69) is 10.3 Å². The quantitative estimate of drug-likeness (QED) is 0.824. The molecule has 1 aromatic carbocycles. The Morgan fingerprint density at radius 2 is 2.39 bits per heavy atom. The number of nitrogens with zero attached hydrogens (tertiary/aromatic N) is 1. The number of thioether (sulfide) groups is 1. The van der Waals surface area contributed by atoms with Crippen LogP contribution in [-0.2, 0) is 10.3 Å². The van der Waals surface area contributed by atoms with Crippen LogP contribution in [0.15, 0.2) is 23.2 Å². The highest BCUT2D eigenvalue weighted by Crippen LogP contribution is 2.36. The van der Waals surface area contributed by atoms with Crippen LogP contribution in [0.4, 0.5) is 10.1 Å². The molecule has 1 atom stereocenters. The Morgan fingerprint density at radius 3 is 3.06 bits per heavy atom. The summed E-state index contributed by atoms with van der Waals surface area (Å²) in [4.78, 5) is 14.9. The van der Waals surface area contributed by atoms with Gasteiger partial charge in [0.2, 0.25) is 6.41 Å². The number of hydrogen-bond donors (Lipinski definition) is 2. The number of carbonyl (C=O) groups is 1. The largest absolute Gasteiger partial charge is 0.379 e. The number of hydrogen-bond acceptors (Lipinski definition) is 4. The first-order chi connectivity index (χ1) is 8.55. The van der Waals surface area contributed by atoms with Crippen molar-refractivity contribution in [2.75, 3.05) is 11.1 Å². The third-order valence-electron chi connectivity index (χ3n) is 3.00. The average Bonchev–Trinajstić information content (AvgIpc) is 2.32. The van der Waals surface area contributed by atoms with Crippen LogP contribution in [0.25, 0.3) is 0 Å². The Balaban J connectivity index is 2.41. The van der Waals surface area contributed by atoms with E-state index in [1.807, 2.05) is 6.92 Å². The minimum absolute atomic E-state index is 0.163. The second-order valence-corrected chi connectivity index (χ2v) is 5.39. The second-order valence-electron chi connectivity index (χ2n) is 4.28. The minimum Gasteiger partial charge on any atom is -0.379 e. The fourth-order valence-electron chi connectivity index (χ4n) is 1.93. The van der Waals surface area contributed by atoms with Crippen molar-refractivity contribution in [3.05, 3.63) is 29.6 Å². The van der Waals surface area contributed by atoms with Gasteiger partial charge in [-0.05, 0) is 31.0 Å². The van der Waals surface area contributed by atoms with Crippen molar-refractivity contribution < 1.29 is 9.18 Å². The van der Waals surface area contributed by atoms with Crippen molar-refractivity contribution in [1.82, 2.24) is 0 Å². The average molecular weight is 267 g/mol. The first-order valence-corrected chi connectivity index (χ1v) is 6.52. The Bertz CT molecular complexity index is 506. The number of anilines is 1. The molecular formula is C12H14FN3OS. The van der Waals surface area contributed by atoms with Gasteiger partial charge in [-0.1, -0.05) is 17.8 Å². The number of amidine groups is 1. The van der Waals surface area contributed by atoms with Crippen LogP contribution in [0.3, 0.4) is 0 Å². The molecular weight excluding hydrogens is 253 g/mol. The fraction of sp³-hybridized carbons (Fsp3) is 0.333. The zero-order valence-corrected chi connectivity index (χ0v) is 10.8. The van der Waals surface area contributed by atoms with Gasteiger partial charge in [-0.25, -0.2) is 4.39 Å². The van der Waals surface area contributed by atoms with Crippen LogP contribution < -0.4 is 11.1 Å². The van der Waals surface area contributed by atoms with Crippen LogP contribution >= 0.6 is 11.8 Å². The summed E-state index contributed by atoms with van der Waals surface area (Å²) in [6.45, 7) is 1.96. The first kappa shape index (κ1) is 12.9. The molecule has 18 heavy (non-hydrogen) atoms. The summed E-state index contributed by atoms with van der Waals surface area (Å²) in [5.74, 6) is 0.413. The molecule has 4 nitrogen and oxygen atoms in total. The molecule has 6 heteroatoms. The molecule has 1 amide bonds. The number of nitrogens with two attached hydrogens (primary N) is 1. The van der Waals surface area contributed by atoms with E-state index in [0.717, 1.165) is 17.7 Å². The third kappa shape index (κ3) is 2.48. The van der Waals surface area contributed by atoms with Crippen LogP contribution in [-0.4, -0.2) is 17.3 Å². The lowest BCUT2D eigenvalue weighted by atomic mass is 9.89. The number of carbonyl (C=O) groups excluding carboxylic acids is 1. The standard InChI is InChI=1S/C12H14FN3OS/c1-12(4-5-18-11(14)16-12)8-2-3-9(13)10(6-8)15-7-17/h2-3,6-7H,4-5H2,1H3,(H2,14,16)(H,15,17). The van der Waals surface area contributed by atoms with Crippen LogP contribution in [0.1, 0.15) is 18.9 Å². The van der Waals surface area contributed by atoms with Crippen molar-refractivity contribution in [3.8, 4) is 0 Å². The molecule has 0 saturated heterocycles. The highest BCUT2D eigenvalue weighted by molar-refractivity contribution is 8.13. The maximum Gasteiger partial charge on any atom is 0.211 e. The van der Waals surface area contributed by atoms with Crippen molar-refractivity contribution in [3.63, 3.8) is 0 Å². The summed E-state index contributed by atoms with van der Waals surface area (Å²) >= 11 is 1.51. The Kier molecular flexibility index (Phi) is 3.56. The van der Waals surface area contributed by atoms with Crippen LogP contribution in [0.2, 0.25) is 0 Å². The van der Waals surface area contributed by atoms with Crippen LogP contribution in [0.5, 0.6) is 0 Å². The van der Waals surface area contributed by atoms with Gasteiger partial charge >= 0.3 is 0 Å². The molecule has 2 rings (SSSR count). The molecule has 0 radical (unpaired) electrons. The zero-order chi connectivity index (χ0) is 13.2. The van der Waals surface area contributed by atoms with E-state index in [0.29, 0.717) is 11.6 Å². The van der Waals surface area contributed by atoms with E-state index >= 15 is 0 Å². The number of amides is 1. The zero-order valence-electron chi connectivity index (χ0n) is 9.94. The molecule has 0 aromatic heterocycles. The number of aliphatic imine (C=N–C) groups is 1. The van der Waals surface area contributed by atoms with Crippen LogP contribution in [0, 0.1) is 5.82 Å². The second kappa shape index (κ2) is 4.97.